The first kappa shape index (κ1) is 15.8. The second-order valence-electron chi connectivity index (χ2n) is 5.06. The minimum absolute atomic E-state index is 0.00436. The van der Waals surface area contributed by atoms with Crippen LogP contribution in [-0.2, 0) is 4.79 Å². The number of hydrogen-bond donors (Lipinski definition) is 1. The summed E-state index contributed by atoms with van der Waals surface area (Å²) in [6, 6.07) is 0.00436. The molecule has 0 atom stereocenters. The van der Waals surface area contributed by atoms with E-state index in [-0.39, 0.29) is 11.9 Å². The molecule has 5 heteroatoms. The van der Waals surface area contributed by atoms with E-state index >= 15 is 0 Å². The number of nitrogens with one attached hydrogen (secondary N) is 1. The molecule has 0 aromatic rings. The number of carbonyl (C=O) groups is 2. The summed E-state index contributed by atoms with van der Waals surface area (Å²) in [5.74, 6) is 0.234. The fourth-order valence-corrected chi connectivity index (χ4v) is 2.20. The smallest absolute Gasteiger partial charge is 0.317 e. The molecule has 3 amide bonds. The van der Waals surface area contributed by atoms with Gasteiger partial charge in [0.05, 0.1) is 0 Å². The molecule has 19 heavy (non-hydrogen) atoms. The molecule has 5 nitrogen and oxygen atoms in total. The number of urea groups is 1. The molecule has 0 aliphatic carbocycles. The van der Waals surface area contributed by atoms with Crippen LogP contribution in [0.1, 0.15) is 46.0 Å². The molecule has 110 valence electrons. The highest BCUT2D eigenvalue weighted by molar-refractivity contribution is 5.77. The summed E-state index contributed by atoms with van der Waals surface area (Å²) in [7, 11) is 0. The molecule has 0 unspecified atom stereocenters. The molecule has 1 aliphatic heterocycles. The van der Waals surface area contributed by atoms with Crippen LogP contribution in [0.15, 0.2) is 0 Å². The highest BCUT2D eigenvalue weighted by Gasteiger charge is 2.21. The molecule has 0 aromatic heterocycles. The van der Waals surface area contributed by atoms with Gasteiger partial charge in [-0.25, -0.2) is 4.79 Å². The largest absolute Gasteiger partial charge is 0.341 e. The predicted octanol–water partition coefficient (Wildman–Crippen LogP) is 1.83. The van der Waals surface area contributed by atoms with Crippen molar-refractivity contribution in [2.45, 2.75) is 46.0 Å². The fraction of sp³-hybridized carbons (Fsp3) is 0.857. The highest BCUT2D eigenvalue weighted by atomic mass is 16.2. The molecule has 1 rings (SSSR count). The quantitative estimate of drug-likeness (QED) is 0.828. The van der Waals surface area contributed by atoms with Crippen molar-refractivity contribution in [3.05, 3.63) is 0 Å². The summed E-state index contributed by atoms with van der Waals surface area (Å²) in [6.45, 7) is 7.68. The van der Waals surface area contributed by atoms with Crippen LogP contribution in [0.4, 0.5) is 4.79 Å². The molecular formula is C14H27N3O2. The van der Waals surface area contributed by atoms with Crippen LogP contribution >= 0.6 is 0 Å². The Labute approximate surface area is 116 Å². The SMILES string of the molecule is CCCCC(=O)N1CCCN(C(=O)NCCC)CC1. The van der Waals surface area contributed by atoms with E-state index in [1.807, 2.05) is 16.7 Å². The lowest BCUT2D eigenvalue weighted by Gasteiger charge is -2.22. The fourth-order valence-electron chi connectivity index (χ4n) is 2.20. The summed E-state index contributed by atoms with van der Waals surface area (Å²) in [4.78, 5) is 27.6. The Kier molecular flexibility index (Phi) is 7.30. The number of unbranched alkanes of at least 4 members (excludes halogenated alkanes) is 1. The number of nitrogens with zero attached hydrogens (tertiary/aromatic N) is 2. The third-order valence-corrected chi connectivity index (χ3v) is 3.41. The van der Waals surface area contributed by atoms with Crippen LogP contribution in [0.3, 0.4) is 0 Å². The summed E-state index contributed by atoms with van der Waals surface area (Å²) < 4.78 is 0. The van der Waals surface area contributed by atoms with Crippen LogP contribution in [0.5, 0.6) is 0 Å². The van der Waals surface area contributed by atoms with Crippen molar-refractivity contribution in [1.82, 2.24) is 15.1 Å². The normalized spacial score (nSPS) is 16.1. The van der Waals surface area contributed by atoms with Crippen molar-refractivity contribution in [1.29, 1.82) is 0 Å². The van der Waals surface area contributed by atoms with E-state index in [0.29, 0.717) is 26.1 Å². The third kappa shape index (κ3) is 5.49. The maximum atomic E-state index is 12.0. The van der Waals surface area contributed by atoms with Gasteiger partial charge in [0.25, 0.3) is 0 Å². The van der Waals surface area contributed by atoms with E-state index in [0.717, 1.165) is 38.8 Å². The Bertz CT molecular complexity index is 266. The zero-order chi connectivity index (χ0) is 14.1. The van der Waals surface area contributed by atoms with E-state index in [1.165, 1.54) is 0 Å². The summed E-state index contributed by atoms with van der Waals surface area (Å²) in [5.41, 5.74) is 0. The lowest BCUT2D eigenvalue weighted by atomic mass is 10.2. The molecule has 0 saturated carbocycles. The first-order chi connectivity index (χ1) is 9.19. The van der Waals surface area contributed by atoms with Gasteiger partial charge in [-0.05, 0) is 19.3 Å². The minimum Gasteiger partial charge on any atom is -0.341 e. The maximum absolute atomic E-state index is 12.0. The van der Waals surface area contributed by atoms with Crippen molar-refractivity contribution in [3.8, 4) is 0 Å². The monoisotopic (exact) mass is 269 g/mol. The van der Waals surface area contributed by atoms with Gasteiger partial charge in [-0.15, -0.1) is 0 Å². The minimum atomic E-state index is 0.00436. The Hall–Kier alpha value is -1.26. The molecule has 1 aliphatic rings. The lowest BCUT2D eigenvalue weighted by Crippen LogP contribution is -2.42. The molecule has 0 radical (unpaired) electrons. The molecule has 0 spiro atoms. The Morgan fingerprint density at radius 1 is 1.00 bits per heavy atom. The van der Waals surface area contributed by atoms with Crippen LogP contribution in [0, 0.1) is 0 Å². The van der Waals surface area contributed by atoms with Gasteiger partial charge in [0, 0.05) is 39.1 Å². The van der Waals surface area contributed by atoms with Crippen molar-refractivity contribution in [2.24, 2.45) is 0 Å². The van der Waals surface area contributed by atoms with E-state index in [4.69, 9.17) is 0 Å². The Morgan fingerprint density at radius 2 is 1.68 bits per heavy atom. The standard InChI is InChI=1S/C14H27N3O2/c1-3-5-7-13(18)16-9-6-10-17(12-11-16)14(19)15-8-4-2/h3-12H2,1-2H3,(H,15,19). The predicted molar refractivity (Wildman–Crippen MR) is 76.0 cm³/mol. The summed E-state index contributed by atoms with van der Waals surface area (Å²) in [5, 5.41) is 2.89. The first-order valence-corrected chi connectivity index (χ1v) is 7.49. The van der Waals surface area contributed by atoms with Gasteiger partial charge >= 0.3 is 6.03 Å². The van der Waals surface area contributed by atoms with Gasteiger partial charge in [0.2, 0.25) is 5.91 Å². The number of amides is 3. The molecule has 1 heterocycles. The van der Waals surface area contributed by atoms with Gasteiger partial charge in [-0.2, -0.15) is 0 Å². The Balaban J connectivity index is 2.38. The molecule has 0 aromatic carbocycles. The van der Waals surface area contributed by atoms with Gasteiger partial charge in [-0.3, -0.25) is 4.79 Å². The van der Waals surface area contributed by atoms with E-state index in [2.05, 4.69) is 12.2 Å². The van der Waals surface area contributed by atoms with Crippen molar-refractivity contribution in [3.63, 3.8) is 0 Å². The maximum Gasteiger partial charge on any atom is 0.317 e. The summed E-state index contributed by atoms with van der Waals surface area (Å²) >= 11 is 0. The zero-order valence-corrected chi connectivity index (χ0v) is 12.3. The van der Waals surface area contributed by atoms with Gasteiger partial charge < -0.3 is 15.1 Å². The second kappa shape index (κ2) is 8.77. The Morgan fingerprint density at radius 3 is 2.37 bits per heavy atom. The lowest BCUT2D eigenvalue weighted by molar-refractivity contribution is -0.131. The van der Waals surface area contributed by atoms with Crippen LogP contribution in [-0.4, -0.2) is 54.5 Å². The molecule has 1 N–H and O–H groups in total. The van der Waals surface area contributed by atoms with Gasteiger partial charge in [0.15, 0.2) is 0 Å². The molecular weight excluding hydrogens is 242 g/mol. The van der Waals surface area contributed by atoms with Crippen molar-refractivity contribution >= 4 is 11.9 Å². The first-order valence-electron chi connectivity index (χ1n) is 7.49. The van der Waals surface area contributed by atoms with Crippen LogP contribution < -0.4 is 5.32 Å². The third-order valence-electron chi connectivity index (χ3n) is 3.41. The number of carbonyl (C=O) groups excluding carboxylic acids is 2. The topological polar surface area (TPSA) is 52.7 Å². The van der Waals surface area contributed by atoms with Crippen molar-refractivity contribution < 1.29 is 9.59 Å². The van der Waals surface area contributed by atoms with Gasteiger partial charge in [-0.1, -0.05) is 20.3 Å². The van der Waals surface area contributed by atoms with Crippen LogP contribution in [0.2, 0.25) is 0 Å². The van der Waals surface area contributed by atoms with Crippen molar-refractivity contribution in [2.75, 3.05) is 32.7 Å². The average Bonchev–Trinajstić information content (AvgIpc) is 2.68. The van der Waals surface area contributed by atoms with Gasteiger partial charge in [0.1, 0.15) is 0 Å². The second-order valence-corrected chi connectivity index (χ2v) is 5.06. The van der Waals surface area contributed by atoms with E-state index < -0.39 is 0 Å². The van der Waals surface area contributed by atoms with Crippen LogP contribution in [0.25, 0.3) is 0 Å². The highest BCUT2D eigenvalue weighted by Crippen LogP contribution is 2.07. The molecule has 1 saturated heterocycles. The molecule has 0 bridgehead atoms. The average molecular weight is 269 g/mol. The number of rotatable bonds is 5. The summed E-state index contributed by atoms with van der Waals surface area (Å²) in [6.07, 6.45) is 4.46. The van der Waals surface area contributed by atoms with E-state index in [1.54, 1.807) is 0 Å². The molecule has 1 fully saturated rings. The number of hydrogen-bond acceptors (Lipinski definition) is 2. The van der Waals surface area contributed by atoms with E-state index in [9.17, 15) is 9.59 Å². The zero-order valence-electron chi connectivity index (χ0n) is 12.3.